The average molecular weight is 261 g/mol. The summed E-state index contributed by atoms with van der Waals surface area (Å²) in [4.78, 5) is 14.4. The molecule has 0 radical (unpaired) electrons. The first-order valence-corrected chi connectivity index (χ1v) is 7.14. The molecule has 1 aliphatic heterocycles. The van der Waals surface area contributed by atoms with Gasteiger partial charge in [0, 0.05) is 6.04 Å². The van der Waals surface area contributed by atoms with Crippen molar-refractivity contribution in [1.29, 1.82) is 0 Å². The number of hydrogen-bond acceptors (Lipinski definition) is 3. The number of methoxy groups -OCH3 is 1. The average Bonchev–Trinajstić information content (AvgIpc) is 2.89. The summed E-state index contributed by atoms with van der Waals surface area (Å²) in [5.41, 5.74) is 1.23. The molecule has 1 aliphatic rings. The Hall–Kier alpha value is -1.35. The molecular formula is C16H23NO2. The van der Waals surface area contributed by atoms with Crippen molar-refractivity contribution in [3.8, 4) is 0 Å². The molecule has 0 spiro atoms. The van der Waals surface area contributed by atoms with E-state index in [0.717, 1.165) is 19.5 Å². The highest BCUT2D eigenvalue weighted by molar-refractivity contribution is 5.74. The Balaban J connectivity index is 2.20. The standard InChI is InChI=1S/C16H23NO2/c1-3-4-11-17-12-10-14(16(18)19-2)15(17)13-8-6-5-7-9-13/h5-9,14-15H,3-4,10-12H2,1-2H3/t14-,15-/m1/s1. The molecule has 2 atom stereocenters. The Labute approximate surface area is 115 Å². The Morgan fingerprint density at radius 3 is 2.74 bits per heavy atom. The van der Waals surface area contributed by atoms with Crippen LogP contribution in [-0.4, -0.2) is 31.1 Å². The number of benzene rings is 1. The molecule has 104 valence electrons. The molecule has 0 amide bonds. The Bertz CT molecular complexity index is 404. The summed E-state index contributed by atoms with van der Waals surface area (Å²) in [5.74, 6) is -0.0999. The molecule has 0 aromatic heterocycles. The summed E-state index contributed by atoms with van der Waals surface area (Å²) < 4.78 is 4.97. The summed E-state index contributed by atoms with van der Waals surface area (Å²) in [5, 5.41) is 0. The molecule has 0 aliphatic carbocycles. The topological polar surface area (TPSA) is 29.5 Å². The summed E-state index contributed by atoms with van der Waals surface area (Å²) in [6, 6.07) is 10.5. The summed E-state index contributed by atoms with van der Waals surface area (Å²) in [7, 11) is 1.49. The van der Waals surface area contributed by atoms with Gasteiger partial charge in [0.2, 0.25) is 0 Å². The van der Waals surface area contributed by atoms with Crippen molar-refractivity contribution in [2.75, 3.05) is 20.2 Å². The molecule has 0 saturated carbocycles. The van der Waals surface area contributed by atoms with Crippen molar-refractivity contribution in [1.82, 2.24) is 4.90 Å². The largest absolute Gasteiger partial charge is 0.469 e. The Morgan fingerprint density at radius 2 is 2.11 bits per heavy atom. The van der Waals surface area contributed by atoms with E-state index in [1.165, 1.54) is 25.5 Å². The first kappa shape index (κ1) is 14.1. The van der Waals surface area contributed by atoms with E-state index in [1.807, 2.05) is 18.2 Å². The van der Waals surface area contributed by atoms with Gasteiger partial charge in [0.1, 0.15) is 0 Å². The van der Waals surface area contributed by atoms with E-state index in [4.69, 9.17) is 4.74 Å². The molecule has 1 saturated heterocycles. The molecule has 3 heteroatoms. The number of nitrogens with zero attached hydrogens (tertiary/aromatic N) is 1. The van der Waals surface area contributed by atoms with Crippen LogP contribution in [0.15, 0.2) is 30.3 Å². The van der Waals surface area contributed by atoms with Crippen molar-refractivity contribution in [3.05, 3.63) is 35.9 Å². The van der Waals surface area contributed by atoms with Crippen LogP contribution >= 0.6 is 0 Å². The van der Waals surface area contributed by atoms with E-state index in [-0.39, 0.29) is 17.9 Å². The second-order valence-corrected chi connectivity index (χ2v) is 5.16. The van der Waals surface area contributed by atoms with Crippen molar-refractivity contribution in [2.24, 2.45) is 5.92 Å². The molecule has 1 fully saturated rings. The number of likely N-dealkylation sites (tertiary alicyclic amines) is 1. The van der Waals surface area contributed by atoms with Crippen LogP contribution in [0.5, 0.6) is 0 Å². The van der Waals surface area contributed by atoms with Gasteiger partial charge in [-0.2, -0.15) is 0 Å². The Kier molecular flexibility index (Phi) is 4.97. The number of carbonyl (C=O) groups excluding carboxylic acids is 1. The van der Waals surface area contributed by atoms with Crippen LogP contribution in [-0.2, 0) is 9.53 Å². The summed E-state index contributed by atoms with van der Waals surface area (Å²) >= 11 is 0. The summed E-state index contributed by atoms with van der Waals surface area (Å²) in [6.45, 7) is 4.24. The first-order chi connectivity index (χ1) is 9.27. The van der Waals surface area contributed by atoms with Gasteiger partial charge >= 0.3 is 5.97 Å². The van der Waals surface area contributed by atoms with Gasteiger partial charge in [-0.25, -0.2) is 0 Å². The van der Waals surface area contributed by atoms with E-state index in [0.29, 0.717) is 0 Å². The highest BCUT2D eigenvalue weighted by atomic mass is 16.5. The molecule has 1 aromatic rings. The summed E-state index contributed by atoms with van der Waals surface area (Å²) in [6.07, 6.45) is 3.26. The maximum atomic E-state index is 12.0. The third-order valence-electron chi connectivity index (χ3n) is 3.95. The third kappa shape index (κ3) is 3.16. The number of ether oxygens (including phenoxy) is 1. The van der Waals surface area contributed by atoms with Crippen LogP contribution in [0.25, 0.3) is 0 Å². The maximum absolute atomic E-state index is 12.0. The highest BCUT2D eigenvalue weighted by Gasteiger charge is 2.39. The van der Waals surface area contributed by atoms with Gasteiger partial charge in [-0.1, -0.05) is 43.7 Å². The number of esters is 1. The molecule has 3 nitrogen and oxygen atoms in total. The minimum Gasteiger partial charge on any atom is -0.469 e. The Morgan fingerprint density at radius 1 is 1.37 bits per heavy atom. The maximum Gasteiger partial charge on any atom is 0.310 e. The fourth-order valence-electron chi connectivity index (χ4n) is 2.96. The van der Waals surface area contributed by atoms with Gasteiger partial charge < -0.3 is 4.74 Å². The van der Waals surface area contributed by atoms with Gasteiger partial charge in [0.25, 0.3) is 0 Å². The third-order valence-corrected chi connectivity index (χ3v) is 3.95. The monoisotopic (exact) mass is 261 g/mol. The van der Waals surface area contributed by atoms with Crippen LogP contribution in [0, 0.1) is 5.92 Å². The van der Waals surface area contributed by atoms with Crippen molar-refractivity contribution < 1.29 is 9.53 Å². The first-order valence-electron chi connectivity index (χ1n) is 7.14. The number of rotatable bonds is 5. The van der Waals surface area contributed by atoms with Gasteiger partial charge in [-0.05, 0) is 31.5 Å². The normalized spacial score (nSPS) is 23.5. The van der Waals surface area contributed by atoms with E-state index >= 15 is 0 Å². The van der Waals surface area contributed by atoms with Crippen LogP contribution in [0.2, 0.25) is 0 Å². The minimum absolute atomic E-state index is 0.0238. The zero-order valence-electron chi connectivity index (χ0n) is 11.8. The van der Waals surface area contributed by atoms with Gasteiger partial charge in [0.15, 0.2) is 0 Å². The van der Waals surface area contributed by atoms with Gasteiger partial charge in [-0.15, -0.1) is 0 Å². The van der Waals surface area contributed by atoms with Gasteiger partial charge in [0.05, 0.1) is 13.0 Å². The smallest absolute Gasteiger partial charge is 0.310 e. The molecule has 1 heterocycles. The van der Waals surface area contributed by atoms with E-state index in [2.05, 4.69) is 24.0 Å². The molecule has 0 N–H and O–H groups in total. The van der Waals surface area contributed by atoms with Gasteiger partial charge in [-0.3, -0.25) is 9.69 Å². The van der Waals surface area contributed by atoms with Crippen LogP contribution < -0.4 is 0 Å². The fourth-order valence-corrected chi connectivity index (χ4v) is 2.96. The predicted octanol–water partition coefficient (Wildman–Crippen LogP) is 3.02. The zero-order chi connectivity index (χ0) is 13.7. The van der Waals surface area contributed by atoms with E-state index in [9.17, 15) is 4.79 Å². The second kappa shape index (κ2) is 6.71. The molecule has 2 rings (SSSR count). The lowest BCUT2D eigenvalue weighted by molar-refractivity contribution is -0.146. The lowest BCUT2D eigenvalue weighted by atomic mass is 9.93. The van der Waals surface area contributed by atoms with Crippen LogP contribution in [0.1, 0.15) is 37.8 Å². The SMILES string of the molecule is CCCCN1CC[C@@H](C(=O)OC)[C@H]1c1ccccc1. The molecular weight excluding hydrogens is 238 g/mol. The quantitative estimate of drug-likeness (QED) is 0.763. The number of carbonyl (C=O) groups is 1. The lowest BCUT2D eigenvalue weighted by Gasteiger charge is -2.27. The fraction of sp³-hybridized carbons (Fsp3) is 0.562. The molecule has 0 bridgehead atoms. The van der Waals surface area contributed by atoms with Crippen LogP contribution in [0.3, 0.4) is 0 Å². The highest BCUT2D eigenvalue weighted by Crippen LogP contribution is 2.37. The lowest BCUT2D eigenvalue weighted by Crippen LogP contribution is -2.29. The molecule has 19 heavy (non-hydrogen) atoms. The van der Waals surface area contributed by atoms with Crippen LogP contribution in [0.4, 0.5) is 0 Å². The number of hydrogen-bond donors (Lipinski definition) is 0. The van der Waals surface area contributed by atoms with Crippen molar-refractivity contribution in [2.45, 2.75) is 32.2 Å². The zero-order valence-corrected chi connectivity index (χ0v) is 11.8. The van der Waals surface area contributed by atoms with Crippen molar-refractivity contribution in [3.63, 3.8) is 0 Å². The molecule has 0 unspecified atom stereocenters. The number of unbranched alkanes of at least 4 members (excludes halogenated alkanes) is 1. The van der Waals surface area contributed by atoms with Crippen molar-refractivity contribution >= 4 is 5.97 Å². The predicted molar refractivity (Wildman–Crippen MR) is 75.8 cm³/mol. The second-order valence-electron chi connectivity index (χ2n) is 5.16. The van der Waals surface area contributed by atoms with E-state index in [1.54, 1.807) is 0 Å². The minimum atomic E-state index is -0.0761. The van der Waals surface area contributed by atoms with E-state index < -0.39 is 0 Å². The molecule has 1 aromatic carbocycles.